The van der Waals surface area contributed by atoms with Crippen LogP contribution in [0.4, 0.5) is 0 Å². The van der Waals surface area contributed by atoms with Crippen LogP contribution in [0.15, 0.2) is 0 Å². The van der Waals surface area contributed by atoms with E-state index in [0.717, 1.165) is 25.7 Å². The molecule has 5 heteroatoms. The molecule has 1 rings (SSSR count). The van der Waals surface area contributed by atoms with E-state index in [1.165, 1.54) is 0 Å². The monoisotopic (exact) mass is 213 g/mol. The Labute approximate surface area is 89.6 Å². The number of amides is 2. The number of hydrogen-bond donors (Lipinski definition) is 3. The quantitative estimate of drug-likeness (QED) is 0.587. The molecule has 1 aliphatic rings. The first-order chi connectivity index (χ1) is 7.02. The summed E-state index contributed by atoms with van der Waals surface area (Å²) in [6.07, 6.45) is 3.66. The molecule has 0 aromatic carbocycles. The SMILES string of the molecule is C[C@H](NC(=O)C1(CN)CCCC1)C(N)=O. The Bertz CT molecular complexity index is 259. The number of nitrogens with two attached hydrogens (primary N) is 2. The van der Waals surface area contributed by atoms with Gasteiger partial charge in [-0.25, -0.2) is 0 Å². The number of primary amides is 1. The van der Waals surface area contributed by atoms with Gasteiger partial charge in [-0.3, -0.25) is 9.59 Å². The van der Waals surface area contributed by atoms with Gasteiger partial charge >= 0.3 is 0 Å². The molecule has 0 radical (unpaired) electrons. The highest BCUT2D eigenvalue weighted by Gasteiger charge is 2.40. The minimum Gasteiger partial charge on any atom is -0.368 e. The van der Waals surface area contributed by atoms with Gasteiger partial charge in [0.2, 0.25) is 11.8 Å². The van der Waals surface area contributed by atoms with Crippen molar-refractivity contribution in [2.24, 2.45) is 16.9 Å². The van der Waals surface area contributed by atoms with E-state index in [9.17, 15) is 9.59 Å². The fourth-order valence-corrected chi connectivity index (χ4v) is 2.00. The van der Waals surface area contributed by atoms with Crippen LogP contribution < -0.4 is 16.8 Å². The van der Waals surface area contributed by atoms with Crippen molar-refractivity contribution < 1.29 is 9.59 Å². The highest BCUT2D eigenvalue weighted by atomic mass is 16.2. The van der Waals surface area contributed by atoms with Gasteiger partial charge in [0.25, 0.3) is 0 Å². The molecule has 1 saturated carbocycles. The third-order valence-corrected chi connectivity index (χ3v) is 3.21. The molecule has 0 heterocycles. The van der Waals surface area contributed by atoms with E-state index in [1.54, 1.807) is 6.92 Å². The second-order valence-electron chi connectivity index (χ2n) is 4.29. The molecule has 0 saturated heterocycles. The van der Waals surface area contributed by atoms with Crippen LogP contribution in [-0.4, -0.2) is 24.4 Å². The van der Waals surface area contributed by atoms with Crippen molar-refractivity contribution in [3.63, 3.8) is 0 Å². The number of rotatable bonds is 4. The molecule has 0 unspecified atom stereocenters. The smallest absolute Gasteiger partial charge is 0.239 e. The summed E-state index contributed by atoms with van der Waals surface area (Å²) in [6.45, 7) is 1.92. The van der Waals surface area contributed by atoms with Crippen LogP contribution in [0.25, 0.3) is 0 Å². The van der Waals surface area contributed by atoms with Gasteiger partial charge in [-0.2, -0.15) is 0 Å². The fourth-order valence-electron chi connectivity index (χ4n) is 2.00. The molecule has 0 aromatic heterocycles. The second kappa shape index (κ2) is 4.61. The predicted molar refractivity (Wildman–Crippen MR) is 56.8 cm³/mol. The number of nitrogens with one attached hydrogen (secondary N) is 1. The standard InChI is InChI=1S/C10H19N3O2/c1-7(8(12)14)13-9(15)10(6-11)4-2-3-5-10/h7H,2-6,11H2,1H3,(H2,12,14)(H,13,15)/t7-/m0/s1. The third-order valence-electron chi connectivity index (χ3n) is 3.21. The predicted octanol–water partition coefficient (Wildman–Crippen LogP) is -0.505. The minimum absolute atomic E-state index is 0.131. The molecule has 15 heavy (non-hydrogen) atoms. The molecule has 0 bridgehead atoms. The summed E-state index contributed by atoms with van der Waals surface area (Å²) in [5.41, 5.74) is 10.3. The van der Waals surface area contributed by atoms with Crippen LogP contribution >= 0.6 is 0 Å². The lowest BCUT2D eigenvalue weighted by molar-refractivity contribution is -0.133. The summed E-state index contributed by atoms with van der Waals surface area (Å²) in [5.74, 6) is -0.651. The second-order valence-corrected chi connectivity index (χ2v) is 4.29. The lowest BCUT2D eigenvalue weighted by atomic mass is 9.85. The number of hydrogen-bond acceptors (Lipinski definition) is 3. The molecule has 2 amide bonds. The van der Waals surface area contributed by atoms with E-state index in [1.807, 2.05) is 0 Å². The molecule has 1 aliphatic carbocycles. The maximum absolute atomic E-state index is 11.9. The van der Waals surface area contributed by atoms with Crippen LogP contribution in [0.5, 0.6) is 0 Å². The Morgan fingerprint density at radius 2 is 1.93 bits per heavy atom. The number of carbonyl (C=O) groups excluding carboxylic acids is 2. The van der Waals surface area contributed by atoms with Crippen LogP contribution in [0.3, 0.4) is 0 Å². The van der Waals surface area contributed by atoms with E-state index in [2.05, 4.69) is 5.32 Å². The summed E-state index contributed by atoms with van der Waals surface area (Å²) < 4.78 is 0. The van der Waals surface area contributed by atoms with Crippen molar-refractivity contribution in [2.75, 3.05) is 6.54 Å². The summed E-state index contributed by atoms with van der Waals surface area (Å²) >= 11 is 0. The van der Waals surface area contributed by atoms with Gasteiger partial charge in [-0.15, -0.1) is 0 Å². The van der Waals surface area contributed by atoms with Gasteiger partial charge in [0.05, 0.1) is 5.41 Å². The minimum atomic E-state index is -0.624. The molecule has 5 nitrogen and oxygen atoms in total. The molecule has 1 atom stereocenters. The molecule has 5 N–H and O–H groups in total. The van der Waals surface area contributed by atoms with Crippen LogP contribution in [0, 0.1) is 5.41 Å². The topological polar surface area (TPSA) is 98.2 Å². The highest BCUT2D eigenvalue weighted by molar-refractivity contribution is 5.89. The van der Waals surface area contributed by atoms with Crippen LogP contribution in [0.2, 0.25) is 0 Å². The molecule has 0 spiro atoms. The largest absolute Gasteiger partial charge is 0.368 e. The molecule has 86 valence electrons. The first-order valence-corrected chi connectivity index (χ1v) is 5.32. The maximum Gasteiger partial charge on any atom is 0.239 e. The van der Waals surface area contributed by atoms with Gasteiger partial charge in [0.1, 0.15) is 6.04 Å². The maximum atomic E-state index is 11.9. The Kier molecular flexibility index (Phi) is 3.68. The lowest BCUT2D eigenvalue weighted by Gasteiger charge is -2.27. The van der Waals surface area contributed by atoms with E-state index < -0.39 is 17.4 Å². The van der Waals surface area contributed by atoms with Gasteiger partial charge in [-0.1, -0.05) is 12.8 Å². The van der Waals surface area contributed by atoms with Crippen molar-refractivity contribution >= 4 is 11.8 Å². The van der Waals surface area contributed by atoms with Crippen molar-refractivity contribution in [2.45, 2.75) is 38.6 Å². The van der Waals surface area contributed by atoms with E-state index >= 15 is 0 Å². The average Bonchev–Trinajstić information content (AvgIpc) is 2.66. The van der Waals surface area contributed by atoms with Crippen LogP contribution in [0.1, 0.15) is 32.6 Å². The molecular formula is C10H19N3O2. The highest BCUT2D eigenvalue weighted by Crippen LogP contribution is 2.37. The van der Waals surface area contributed by atoms with Crippen molar-refractivity contribution in [3.05, 3.63) is 0 Å². The molecule has 0 aliphatic heterocycles. The Balaban J connectivity index is 2.62. The normalized spacial score (nSPS) is 20.9. The summed E-state index contributed by atoms with van der Waals surface area (Å²) in [5, 5.41) is 2.62. The van der Waals surface area contributed by atoms with Gasteiger partial charge in [0.15, 0.2) is 0 Å². The summed E-state index contributed by atoms with van der Waals surface area (Å²) in [7, 11) is 0. The molecule has 1 fully saturated rings. The van der Waals surface area contributed by atoms with Crippen LogP contribution in [-0.2, 0) is 9.59 Å². The Hall–Kier alpha value is -1.10. The van der Waals surface area contributed by atoms with E-state index in [-0.39, 0.29) is 5.91 Å². The molecule has 0 aromatic rings. The van der Waals surface area contributed by atoms with Gasteiger partial charge in [-0.05, 0) is 19.8 Å². The summed E-state index contributed by atoms with van der Waals surface area (Å²) in [6, 6.07) is -0.624. The Morgan fingerprint density at radius 1 is 1.40 bits per heavy atom. The van der Waals surface area contributed by atoms with E-state index in [0.29, 0.717) is 6.54 Å². The third kappa shape index (κ3) is 2.47. The van der Waals surface area contributed by atoms with Gasteiger partial charge < -0.3 is 16.8 Å². The van der Waals surface area contributed by atoms with Gasteiger partial charge in [0, 0.05) is 6.54 Å². The van der Waals surface area contributed by atoms with Crippen molar-refractivity contribution in [1.29, 1.82) is 0 Å². The number of carbonyl (C=O) groups is 2. The van der Waals surface area contributed by atoms with Crippen molar-refractivity contribution in [1.82, 2.24) is 5.32 Å². The molecular weight excluding hydrogens is 194 g/mol. The lowest BCUT2D eigenvalue weighted by Crippen LogP contribution is -2.50. The summed E-state index contributed by atoms with van der Waals surface area (Å²) in [4.78, 5) is 22.7. The Morgan fingerprint density at radius 3 is 2.33 bits per heavy atom. The zero-order chi connectivity index (χ0) is 11.5. The first-order valence-electron chi connectivity index (χ1n) is 5.32. The average molecular weight is 213 g/mol. The zero-order valence-electron chi connectivity index (χ0n) is 9.08. The zero-order valence-corrected chi connectivity index (χ0v) is 9.08. The van der Waals surface area contributed by atoms with Crippen molar-refractivity contribution in [3.8, 4) is 0 Å². The van der Waals surface area contributed by atoms with E-state index in [4.69, 9.17) is 11.5 Å². The first kappa shape index (κ1) is 12.0. The fraction of sp³-hybridized carbons (Fsp3) is 0.800.